The van der Waals surface area contributed by atoms with Gasteiger partial charge in [-0.3, -0.25) is 0 Å². The summed E-state index contributed by atoms with van der Waals surface area (Å²) in [5, 5.41) is 9.29. The van der Waals surface area contributed by atoms with Crippen LogP contribution in [0.2, 0.25) is 0 Å². The zero-order chi connectivity index (χ0) is 13.0. The first-order valence-electron chi connectivity index (χ1n) is 6.57. The summed E-state index contributed by atoms with van der Waals surface area (Å²) < 4.78 is 4.76. The fraction of sp³-hybridized carbons (Fsp3) is 0.533. The number of methoxy groups -OCH3 is 1. The molecule has 1 aliphatic carbocycles. The fourth-order valence-corrected chi connectivity index (χ4v) is 2.72. The fourth-order valence-electron chi connectivity index (χ4n) is 2.72. The van der Waals surface area contributed by atoms with Crippen LogP contribution in [0.5, 0.6) is 0 Å². The molecule has 0 spiro atoms. The van der Waals surface area contributed by atoms with Crippen molar-refractivity contribution in [2.45, 2.75) is 44.6 Å². The van der Waals surface area contributed by atoms with Gasteiger partial charge in [-0.2, -0.15) is 0 Å². The molecule has 2 rings (SSSR count). The van der Waals surface area contributed by atoms with Crippen LogP contribution in [-0.2, 0) is 11.3 Å². The SMILES string of the molecule is COC(=O)c1cc(CO)cc(C2CCCCC2)c1. The van der Waals surface area contributed by atoms with Gasteiger partial charge in [0.25, 0.3) is 0 Å². The van der Waals surface area contributed by atoms with Gasteiger partial charge in [0.1, 0.15) is 0 Å². The van der Waals surface area contributed by atoms with Gasteiger partial charge in [-0.1, -0.05) is 25.3 Å². The number of ether oxygens (including phenoxy) is 1. The smallest absolute Gasteiger partial charge is 0.337 e. The van der Waals surface area contributed by atoms with Gasteiger partial charge in [0.2, 0.25) is 0 Å². The Morgan fingerprint density at radius 1 is 1.28 bits per heavy atom. The Morgan fingerprint density at radius 2 is 2.00 bits per heavy atom. The van der Waals surface area contributed by atoms with Crippen molar-refractivity contribution < 1.29 is 14.6 Å². The average Bonchev–Trinajstić information content (AvgIpc) is 2.46. The summed E-state index contributed by atoms with van der Waals surface area (Å²) in [6.07, 6.45) is 6.16. The number of carbonyl (C=O) groups is 1. The molecule has 1 N–H and O–H groups in total. The summed E-state index contributed by atoms with van der Waals surface area (Å²) in [6, 6.07) is 5.64. The van der Waals surface area contributed by atoms with E-state index in [-0.39, 0.29) is 12.6 Å². The zero-order valence-electron chi connectivity index (χ0n) is 10.8. The summed E-state index contributed by atoms with van der Waals surface area (Å²) in [7, 11) is 1.38. The van der Waals surface area contributed by atoms with Crippen molar-refractivity contribution in [2.24, 2.45) is 0 Å². The Balaban J connectivity index is 2.30. The normalized spacial score (nSPS) is 16.6. The minimum atomic E-state index is -0.331. The van der Waals surface area contributed by atoms with Crippen molar-refractivity contribution in [2.75, 3.05) is 7.11 Å². The van der Waals surface area contributed by atoms with Gasteiger partial charge in [0, 0.05) is 0 Å². The molecule has 3 nitrogen and oxygen atoms in total. The third-order valence-corrected chi connectivity index (χ3v) is 3.70. The van der Waals surface area contributed by atoms with Gasteiger partial charge in [-0.15, -0.1) is 0 Å². The molecule has 0 bridgehead atoms. The highest BCUT2D eigenvalue weighted by atomic mass is 16.5. The summed E-state index contributed by atoms with van der Waals surface area (Å²) >= 11 is 0. The average molecular weight is 248 g/mol. The van der Waals surface area contributed by atoms with Crippen LogP contribution in [0.3, 0.4) is 0 Å². The third-order valence-electron chi connectivity index (χ3n) is 3.70. The lowest BCUT2D eigenvalue weighted by atomic mass is 9.83. The molecule has 18 heavy (non-hydrogen) atoms. The third kappa shape index (κ3) is 2.91. The Bertz CT molecular complexity index is 420. The monoisotopic (exact) mass is 248 g/mol. The molecule has 0 amide bonds. The first-order chi connectivity index (χ1) is 8.74. The molecule has 0 atom stereocenters. The summed E-state index contributed by atoms with van der Waals surface area (Å²) in [6.45, 7) is -0.0371. The van der Waals surface area contributed by atoms with Crippen molar-refractivity contribution in [3.8, 4) is 0 Å². The highest BCUT2D eigenvalue weighted by Crippen LogP contribution is 2.33. The zero-order valence-corrected chi connectivity index (χ0v) is 10.8. The Kier molecular flexibility index (Phi) is 4.37. The van der Waals surface area contributed by atoms with E-state index in [4.69, 9.17) is 4.74 Å². The molecular formula is C15H20O3. The minimum Gasteiger partial charge on any atom is -0.465 e. The highest BCUT2D eigenvalue weighted by Gasteiger charge is 2.18. The van der Waals surface area contributed by atoms with Crippen molar-refractivity contribution in [3.63, 3.8) is 0 Å². The lowest BCUT2D eigenvalue weighted by Crippen LogP contribution is -2.08. The van der Waals surface area contributed by atoms with E-state index in [0.29, 0.717) is 11.5 Å². The van der Waals surface area contributed by atoms with E-state index in [0.717, 1.165) is 5.56 Å². The quantitative estimate of drug-likeness (QED) is 0.836. The predicted molar refractivity (Wildman–Crippen MR) is 69.5 cm³/mol. The Morgan fingerprint density at radius 3 is 2.61 bits per heavy atom. The van der Waals surface area contributed by atoms with Crippen LogP contribution in [0.1, 0.15) is 59.5 Å². The largest absolute Gasteiger partial charge is 0.465 e. The van der Waals surface area contributed by atoms with E-state index < -0.39 is 0 Å². The van der Waals surface area contributed by atoms with Gasteiger partial charge in [-0.05, 0) is 42.0 Å². The number of aliphatic hydroxyl groups is 1. The molecule has 1 fully saturated rings. The molecule has 1 saturated carbocycles. The Hall–Kier alpha value is -1.35. The molecule has 0 aromatic heterocycles. The Labute approximate surface area is 108 Å². The van der Waals surface area contributed by atoms with Crippen LogP contribution in [0.15, 0.2) is 18.2 Å². The second-order valence-corrected chi connectivity index (χ2v) is 4.95. The van der Waals surface area contributed by atoms with E-state index in [1.807, 2.05) is 12.1 Å². The standard InChI is InChI=1S/C15H20O3/c1-18-15(17)14-8-11(10-16)7-13(9-14)12-5-3-2-4-6-12/h7-9,12,16H,2-6,10H2,1H3. The lowest BCUT2D eigenvalue weighted by molar-refractivity contribution is 0.0600. The number of carbonyl (C=O) groups excluding carboxylic acids is 1. The molecular weight excluding hydrogens is 228 g/mol. The number of benzene rings is 1. The first-order valence-corrected chi connectivity index (χ1v) is 6.57. The van der Waals surface area contributed by atoms with E-state index in [2.05, 4.69) is 0 Å². The number of hydrogen-bond donors (Lipinski definition) is 1. The van der Waals surface area contributed by atoms with Crippen LogP contribution in [0, 0.1) is 0 Å². The van der Waals surface area contributed by atoms with Crippen molar-refractivity contribution >= 4 is 5.97 Å². The number of aliphatic hydroxyl groups excluding tert-OH is 1. The van der Waals surface area contributed by atoms with Gasteiger partial charge in [-0.25, -0.2) is 4.79 Å². The lowest BCUT2D eigenvalue weighted by Gasteiger charge is -2.23. The summed E-state index contributed by atoms with van der Waals surface area (Å²) in [4.78, 5) is 11.6. The second-order valence-electron chi connectivity index (χ2n) is 4.95. The van der Waals surface area contributed by atoms with Crippen LogP contribution < -0.4 is 0 Å². The molecule has 0 saturated heterocycles. The molecule has 3 heteroatoms. The summed E-state index contributed by atoms with van der Waals surface area (Å²) in [5.74, 6) is 0.191. The number of hydrogen-bond acceptors (Lipinski definition) is 3. The molecule has 0 aliphatic heterocycles. The minimum absolute atomic E-state index is 0.0371. The van der Waals surface area contributed by atoms with Crippen LogP contribution in [0.25, 0.3) is 0 Å². The van der Waals surface area contributed by atoms with Crippen LogP contribution in [-0.4, -0.2) is 18.2 Å². The van der Waals surface area contributed by atoms with Gasteiger partial charge >= 0.3 is 5.97 Å². The van der Waals surface area contributed by atoms with E-state index in [1.54, 1.807) is 6.07 Å². The molecule has 0 heterocycles. The number of esters is 1. The van der Waals surface area contributed by atoms with E-state index >= 15 is 0 Å². The van der Waals surface area contributed by atoms with E-state index in [9.17, 15) is 9.90 Å². The number of rotatable bonds is 3. The van der Waals surface area contributed by atoms with Crippen molar-refractivity contribution in [1.82, 2.24) is 0 Å². The van der Waals surface area contributed by atoms with Gasteiger partial charge in [0.15, 0.2) is 0 Å². The molecule has 1 aromatic rings. The predicted octanol–water partition coefficient (Wildman–Crippen LogP) is 3.01. The maximum atomic E-state index is 11.6. The maximum Gasteiger partial charge on any atom is 0.337 e. The highest BCUT2D eigenvalue weighted by molar-refractivity contribution is 5.89. The van der Waals surface area contributed by atoms with Crippen LogP contribution in [0.4, 0.5) is 0 Å². The van der Waals surface area contributed by atoms with E-state index in [1.165, 1.54) is 44.8 Å². The van der Waals surface area contributed by atoms with Gasteiger partial charge < -0.3 is 9.84 Å². The molecule has 1 aliphatic rings. The van der Waals surface area contributed by atoms with Crippen molar-refractivity contribution in [3.05, 3.63) is 34.9 Å². The first kappa shape index (κ1) is 13.1. The molecule has 98 valence electrons. The molecule has 0 radical (unpaired) electrons. The topological polar surface area (TPSA) is 46.5 Å². The second kappa shape index (κ2) is 6.01. The molecule has 0 unspecified atom stereocenters. The van der Waals surface area contributed by atoms with Crippen molar-refractivity contribution in [1.29, 1.82) is 0 Å². The summed E-state index contributed by atoms with van der Waals surface area (Å²) in [5.41, 5.74) is 2.50. The van der Waals surface area contributed by atoms with Gasteiger partial charge in [0.05, 0.1) is 19.3 Å². The maximum absolute atomic E-state index is 11.6. The van der Waals surface area contributed by atoms with Crippen LogP contribution >= 0.6 is 0 Å². The molecule has 1 aromatic carbocycles.